The number of anilines is 1. The topological polar surface area (TPSA) is 28.2 Å². The SMILES string of the molecule is CC1CC(C)CN(c2cc(CNC(C)C)ccn2)C1. The average Bonchev–Trinajstić information content (AvgIpc) is 2.35. The van der Waals surface area contributed by atoms with Crippen LogP contribution in [0.1, 0.15) is 39.7 Å². The molecule has 1 aromatic heterocycles. The molecule has 1 fully saturated rings. The number of aromatic nitrogens is 1. The molecule has 1 aliphatic rings. The van der Waals surface area contributed by atoms with Crippen LogP contribution in [-0.4, -0.2) is 24.1 Å². The number of nitrogens with zero attached hydrogens (tertiary/aromatic N) is 2. The van der Waals surface area contributed by atoms with Crippen LogP contribution in [-0.2, 0) is 6.54 Å². The summed E-state index contributed by atoms with van der Waals surface area (Å²) in [4.78, 5) is 7.00. The molecule has 19 heavy (non-hydrogen) atoms. The quantitative estimate of drug-likeness (QED) is 0.903. The fourth-order valence-electron chi connectivity index (χ4n) is 2.92. The number of rotatable bonds is 4. The minimum Gasteiger partial charge on any atom is -0.356 e. The zero-order valence-corrected chi connectivity index (χ0v) is 12.7. The Morgan fingerprint density at radius 2 is 2.00 bits per heavy atom. The number of nitrogens with one attached hydrogen (secondary N) is 1. The van der Waals surface area contributed by atoms with Crippen LogP contribution in [0.4, 0.5) is 5.82 Å². The highest BCUT2D eigenvalue weighted by atomic mass is 15.2. The van der Waals surface area contributed by atoms with Gasteiger partial charge in [-0.1, -0.05) is 27.7 Å². The van der Waals surface area contributed by atoms with E-state index in [4.69, 9.17) is 0 Å². The second kappa shape index (κ2) is 6.38. The molecule has 3 nitrogen and oxygen atoms in total. The lowest BCUT2D eigenvalue weighted by Gasteiger charge is -2.36. The summed E-state index contributed by atoms with van der Waals surface area (Å²) in [5.41, 5.74) is 1.32. The normalized spacial score (nSPS) is 23.9. The van der Waals surface area contributed by atoms with Gasteiger partial charge in [0.2, 0.25) is 0 Å². The van der Waals surface area contributed by atoms with E-state index in [-0.39, 0.29) is 0 Å². The molecule has 2 atom stereocenters. The predicted molar refractivity (Wildman–Crippen MR) is 81.4 cm³/mol. The Labute approximate surface area is 117 Å². The molecule has 0 aromatic carbocycles. The zero-order chi connectivity index (χ0) is 13.8. The van der Waals surface area contributed by atoms with Crippen molar-refractivity contribution in [3.05, 3.63) is 23.9 Å². The highest BCUT2D eigenvalue weighted by molar-refractivity contribution is 5.41. The standard InChI is InChI=1S/C16H27N3/c1-12(2)18-9-15-5-6-17-16(8-15)19-10-13(3)7-14(4)11-19/h5-6,8,12-14,18H,7,9-11H2,1-4H3. The molecular weight excluding hydrogens is 234 g/mol. The van der Waals surface area contributed by atoms with Crippen molar-refractivity contribution >= 4 is 5.82 Å². The van der Waals surface area contributed by atoms with Crippen molar-refractivity contribution in [3.8, 4) is 0 Å². The van der Waals surface area contributed by atoms with Crippen molar-refractivity contribution < 1.29 is 0 Å². The van der Waals surface area contributed by atoms with Gasteiger partial charge >= 0.3 is 0 Å². The molecule has 1 aliphatic heterocycles. The van der Waals surface area contributed by atoms with Gasteiger partial charge in [-0.15, -0.1) is 0 Å². The number of hydrogen-bond acceptors (Lipinski definition) is 3. The summed E-state index contributed by atoms with van der Waals surface area (Å²) in [7, 11) is 0. The third-order valence-corrected chi connectivity index (χ3v) is 3.72. The molecule has 1 aromatic rings. The van der Waals surface area contributed by atoms with E-state index in [2.05, 4.69) is 55.0 Å². The van der Waals surface area contributed by atoms with E-state index in [0.717, 1.165) is 37.3 Å². The monoisotopic (exact) mass is 261 g/mol. The summed E-state index contributed by atoms with van der Waals surface area (Å²) in [5, 5.41) is 3.46. The Balaban J connectivity index is 2.05. The summed E-state index contributed by atoms with van der Waals surface area (Å²) in [6, 6.07) is 4.86. The molecule has 2 heterocycles. The fourth-order valence-corrected chi connectivity index (χ4v) is 2.92. The lowest BCUT2D eigenvalue weighted by molar-refractivity contribution is 0.355. The van der Waals surface area contributed by atoms with E-state index in [1.54, 1.807) is 0 Å². The first-order valence-electron chi connectivity index (χ1n) is 7.48. The van der Waals surface area contributed by atoms with Crippen molar-refractivity contribution in [2.24, 2.45) is 11.8 Å². The van der Waals surface area contributed by atoms with E-state index in [0.29, 0.717) is 6.04 Å². The molecule has 106 valence electrons. The Bertz CT molecular complexity index is 393. The number of pyridine rings is 1. The predicted octanol–water partition coefficient (Wildman–Crippen LogP) is 3.06. The maximum atomic E-state index is 4.56. The summed E-state index contributed by atoms with van der Waals surface area (Å²) in [5.74, 6) is 2.67. The largest absolute Gasteiger partial charge is 0.356 e. The molecule has 3 heteroatoms. The van der Waals surface area contributed by atoms with Gasteiger partial charge in [-0.3, -0.25) is 0 Å². The Kier molecular flexibility index (Phi) is 4.81. The van der Waals surface area contributed by atoms with Crippen LogP contribution in [0.3, 0.4) is 0 Å². The maximum absolute atomic E-state index is 4.56. The molecule has 0 amide bonds. The van der Waals surface area contributed by atoms with E-state index in [1.165, 1.54) is 12.0 Å². The van der Waals surface area contributed by atoms with Gasteiger partial charge < -0.3 is 10.2 Å². The van der Waals surface area contributed by atoms with Gasteiger partial charge in [-0.25, -0.2) is 4.98 Å². The van der Waals surface area contributed by atoms with Crippen molar-refractivity contribution in [3.63, 3.8) is 0 Å². The maximum Gasteiger partial charge on any atom is 0.128 e. The van der Waals surface area contributed by atoms with Crippen LogP contribution in [0.25, 0.3) is 0 Å². The third-order valence-electron chi connectivity index (χ3n) is 3.72. The zero-order valence-electron chi connectivity index (χ0n) is 12.7. The van der Waals surface area contributed by atoms with Gasteiger partial charge in [0.1, 0.15) is 5.82 Å². The molecule has 2 unspecified atom stereocenters. The summed E-state index contributed by atoms with van der Waals surface area (Å²) < 4.78 is 0. The van der Waals surface area contributed by atoms with Crippen molar-refractivity contribution in [1.29, 1.82) is 0 Å². The van der Waals surface area contributed by atoms with Crippen LogP contribution in [0.15, 0.2) is 18.3 Å². The molecule has 0 bridgehead atoms. The molecule has 0 spiro atoms. The van der Waals surface area contributed by atoms with Crippen LogP contribution >= 0.6 is 0 Å². The van der Waals surface area contributed by atoms with Crippen LogP contribution in [0.2, 0.25) is 0 Å². The van der Waals surface area contributed by atoms with Crippen molar-refractivity contribution in [2.75, 3.05) is 18.0 Å². The Morgan fingerprint density at radius 1 is 1.32 bits per heavy atom. The number of piperidine rings is 1. The molecule has 2 rings (SSSR count). The van der Waals surface area contributed by atoms with Gasteiger partial charge in [-0.2, -0.15) is 0 Å². The minimum atomic E-state index is 0.520. The first-order valence-corrected chi connectivity index (χ1v) is 7.48. The van der Waals surface area contributed by atoms with Gasteiger partial charge in [0.15, 0.2) is 0 Å². The Morgan fingerprint density at radius 3 is 2.63 bits per heavy atom. The Hall–Kier alpha value is -1.09. The second-order valence-corrected chi connectivity index (χ2v) is 6.41. The molecule has 1 saturated heterocycles. The number of hydrogen-bond donors (Lipinski definition) is 1. The average molecular weight is 261 g/mol. The molecule has 0 radical (unpaired) electrons. The van der Waals surface area contributed by atoms with E-state index in [9.17, 15) is 0 Å². The highest BCUT2D eigenvalue weighted by Gasteiger charge is 2.22. The third kappa shape index (κ3) is 4.20. The highest BCUT2D eigenvalue weighted by Crippen LogP contribution is 2.25. The van der Waals surface area contributed by atoms with Crippen LogP contribution < -0.4 is 10.2 Å². The first-order chi connectivity index (χ1) is 9.04. The van der Waals surface area contributed by atoms with E-state index < -0.39 is 0 Å². The van der Waals surface area contributed by atoms with Crippen LogP contribution in [0, 0.1) is 11.8 Å². The molecular formula is C16H27N3. The molecule has 0 saturated carbocycles. The van der Waals surface area contributed by atoms with Gasteiger partial charge in [-0.05, 0) is 36.0 Å². The second-order valence-electron chi connectivity index (χ2n) is 6.41. The van der Waals surface area contributed by atoms with Gasteiger partial charge in [0.25, 0.3) is 0 Å². The van der Waals surface area contributed by atoms with Gasteiger partial charge in [0, 0.05) is 31.9 Å². The lowest BCUT2D eigenvalue weighted by atomic mass is 9.92. The lowest BCUT2D eigenvalue weighted by Crippen LogP contribution is -2.39. The van der Waals surface area contributed by atoms with Gasteiger partial charge in [0.05, 0.1) is 0 Å². The van der Waals surface area contributed by atoms with E-state index >= 15 is 0 Å². The van der Waals surface area contributed by atoms with Crippen molar-refractivity contribution in [2.45, 2.75) is 46.7 Å². The fraction of sp³-hybridized carbons (Fsp3) is 0.688. The molecule has 0 aliphatic carbocycles. The van der Waals surface area contributed by atoms with Crippen LogP contribution in [0.5, 0.6) is 0 Å². The smallest absolute Gasteiger partial charge is 0.128 e. The van der Waals surface area contributed by atoms with E-state index in [1.807, 2.05) is 6.20 Å². The minimum absolute atomic E-state index is 0.520. The summed E-state index contributed by atoms with van der Waals surface area (Å²) in [6.45, 7) is 12.2. The summed E-state index contributed by atoms with van der Waals surface area (Å²) >= 11 is 0. The summed E-state index contributed by atoms with van der Waals surface area (Å²) in [6.07, 6.45) is 3.28. The van der Waals surface area contributed by atoms with Crippen molar-refractivity contribution in [1.82, 2.24) is 10.3 Å². The molecule has 1 N–H and O–H groups in total. The first kappa shape index (κ1) is 14.3.